The fourth-order valence-electron chi connectivity index (χ4n) is 1.85. The molecule has 2 aromatic rings. The molecule has 3 nitrogen and oxygen atoms in total. The quantitative estimate of drug-likeness (QED) is 0.771. The van der Waals surface area contributed by atoms with Crippen LogP contribution in [0, 0.1) is 0 Å². The predicted octanol–water partition coefficient (Wildman–Crippen LogP) is 1.91. The van der Waals surface area contributed by atoms with Crippen LogP contribution in [0.15, 0.2) is 23.0 Å². The average molecular weight is 190 g/mol. The van der Waals surface area contributed by atoms with Crippen molar-refractivity contribution < 1.29 is 0 Å². The summed E-state index contributed by atoms with van der Waals surface area (Å²) < 4.78 is 1.76. The monoisotopic (exact) mass is 190 g/mol. The lowest BCUT2D eigenvalue weighted by molar-refractivity contribution is 0.753. The van der Waals surface area contributed by atoms with Crippen molar-refractivity contribution in [2.45, 2.75) is 26.8 Å². The molecule has 0 aliphatic heterocycles. The molecule has 0 aliphatic rings. The Labute approximate surface area is 82.4 Å². The fourth-order valence-corrected chi connectivity index (χ4v) is 1.85. The molecule has 1 aromatic heterocycles. The molecule has 0 radical (unpaired) electrons. The molecule has 3 heteroatoms. The number of imidazole rings is 1. The van der Waals surface area contributed by atoms with Gasteiger partial charge in [-0.1, -0.05) is 19.1 Å². The van der Waals surface area contributed by atoms with Crippen molar-refractivity contribution in [1.29, 1.82) is 0 Å². The maximum Gasteiger partial charge on any atom is 0.326 e. The van der Waals surface area contributed by atoms with Crippen LogP contribution < -0.4 is 5.69 Å². The standard InChI is InChI=1S/C11H14N2O/c1-3-8-6-5-7-9-10(8)12-11(14)13(9)4-2/h5-7H,3-4H2,1-2H3,(H,12,14). The SMILES string of the molecule is CCc1cccc2c1[nH]c(=O)n2CC. The molecule has 1 heterocycles. The second-order valence-corrected chi connectivity index (χ2v) is 3.34. The second-order valence-electron chi connectivity index (χ2n) is 3.34. The zero-order valence-electron chi connectivity index (χ0n) is 8.50. The number of rotatable bonds is 2. The lowest BCUT2D eigenvalue weighted by atomic mass is 10.1. The number of nitrogens with one attached hydrogen (secondary N) is 1. The first-order chi connectivity index (χ1) is 6.77. The van der Waals surface area contributed by atoms with Gasteiger partial charge in [-0.2, -0.15) is 0 Å². The minimum absolute atomic E-state index is 0.0107. The van der Waals surface area contributed by atoms with Gasteiger partial charge in [0.1, 0.15) is 0 Å². The number of aryl methyl sites for hydroxylation is 2. The highest BCUT2D eigenvalue weighted by atomic mass is 16.1. The van der Waals surface area contributed by atoms with Crippen LogP contribution in [0.2, 0.25) is 0 Å². The lowest BCUT2D eigenvalue weighted by Crippen LogP contribution is -2.14. The molecule has 0 fully saturated rings. The molecule has 1 aromatic carbocycles. The van der Waals surface area contributed by atoms with E-state index in [0.717, 1.165) is 17.5 Å². The van der Waals surface area contributed by atoms with E-state index in [-0.39, 0.29) is 5.69 Å². The van der Waals surface area contributed by atoms with Crippen molar-refractivity contribution in [2.75, 3.05) is 0 Å². The Morgan fingerprint density at radius 1 is 1.36 bits per heavy atom. The lowest BCUT2D eigenvalue weighted by Gasteiger charge is -2.00. The Bertz CT molecular complexity index is 507. The molecular formula is C11H14N2O. The molecule has 0 bridgehead atoms. The van der Waals surface area contributed by atoms with Gasteiger partial charge in [-0.3, -0.25) is 4.57 Å². The normalized spacial score (nSPS) is 11.0. The number of fused-ring (bicyclic) bond motifs is 1. The highest BCUT2D eigenvalue weighted by Gasteiger charge is 2.06. The van der Waals surface area contributed by atoms with Crippen molar-refractivity contribution in [3.63, 3.8) is 0 Å². The van der Waals surface area contributed by atoms with E-state index >= 15 is 0 Å². The number of hydrogen-bond acceptors (Lipinski definition) is 1. The molecule has 0 atom stereocenters. The van der Waals surface area contributed by atoms with Crippen molar-refractivity contribution in [3.8, 4) is 0 Å². The van der Waals surface area contributed by atoms with Crippen LogP contribution in [0.5, 0.6) is 0 Å². The molecule has 0 unspecified atom stereocenters. The Morgan fingerprint density at radius 3 is 2.79 bits per heavy atom. The molecule has 0 saturated heterocycles. The van der Waals surface area contributed by atoms with Gasteiger partial charge in [-0.25, -0.2) is 4.79 Å². The Kier molecular flexibility index (Phi) is 2.15. The smallest absolute Gasteiger partial charge is 0.305 e. The topological polar surface area (TPSA) is 37.8 Å². The zero-order valence-corrected chi connectivity index (χ0v) is 8.50. The van der Waals surface area contributed by atoms with Crippen LogP contribution in [0.4, 0.5) is 0 Å². The molecule has 0 saturated carbocycles. The van der Waals surface area contributed by atoms with Crippen LogP contribution in [0.3, 0.4) is 0 Å². The third kappa shape index (κ3) is 1.16. The summed E-state index contributed by atoms with van der Waals surface area (Å²) in [6.45, 7) is 4.79. The van der Waals surface area contributed by atoms with Crippen LogP contribution in [-0.2, 0) is 13.0 Å². The van der Waals surface area contributed by atoms with E-state index in [1.54, 1.807) is 4.57 Å². The number of aromatic amines is 1. The minimum Gasteiger partial charge on any atom is -0.305 e. The maximum atomic E-state index is 11.5. The van der Waals surface area contributed by atoms with E-state index in [1.165, 1.54) is 5.56 Å². The van der Waals surface area contributed by atoms with Crippen LogP contribution in [0.25, 0.3) is 11.0 Å². The number of nitrogens with zero attached hydrogens (tertiary/aromatic N) is 1. The predicted molar refractivity (Wildman–Crippen MR) is 57.6 cm³/mol. The summed E-state index contributed by atoms with van der Waals surface area (Å²) in [5.41, 5.74) is 3.19. The number of benzene rings is 1. The summed E-state index contributed by atoms with van der Waals surface area (Å²) in [5, 5.41) is 0. The van der Waals surface area contributed by atoms with Gasteiger partial charge in [0, 0.05) is 6.54 Å². The fraction of sp³-hybridized carbons (Fsp3) is 0.364. The van der Waals surface area contributed by atoms with E-state index in [1.807, 2.05) is 19.1 Å². The van der Waals surface area contributed by atoms with Crippen molar-refractivity contribution in [2.24, 2.45) is 0 Å². The third-order valence-electron chi connectivity index (χ3n) is 2.59. The Balaban J connectivity index is 2.86. The maximum absolute atomic E-state index is 11.5. The first kappa shape index (κ1) is 9.06. The number of hydrogen-bond donors (Lipinski definition) is 1. The largest absolute Gasteiger partial charge is 0.326 e. The minimum atomic E-state index is -0.0107. The molecule has 74 valence electrons. The second kappa shape index (κ2) is 3.33. The zero-order chi connectivity index (χ0) is 10.1. The first-order valence-electron chi connectivity index (χ1n) is 4.98. The van der Waals surface area contributed by atoms with Gasteiger partial charge in [-0.15, -0.1) is 0 Å². The summed E-state index contributed by atoms with van der Waals surface area (Å²) >= 11 is 0. The molecule has 14 heavy (non-hydrogen) atoms. The van der Waals surface area contributed by atoms with E-state index in [4.69, 9.17) is 0 Å². The van der Waals surface area contributed by atoms with Gasteiger partial charge in [0.25, 0.3) is 0 Å². The van der Waals surface area contributed by atoms with Gasteiger partial charge >= 0.3 is 5.69 Å². The van der Waals surface area contributed by atoms with Gasteiger partial charge in [0.05, 0.1) is 11.0 Å². The Morgan fingerprint density at radius 2 is 2.14 bits per heavy atom. The molecule has 0 aliphatic carbocycles. The highest BCUT2D eigenvalue weighted by molar-refractivity contribution is 5.78. The number of aromatic nitrogens is 2. The van der Waals surface area contributed by atoms with E-state index < -0.39 is 0 Å². The summed E-state index contributed by atoms with van der Waals surface area (Å²) in [6.07, 6.45) is 0.945. The van der Waals surface area contributed by atoms with Gasteiger partial charge in [0.2, 0.25) is 0 Å². The van der Waals surface area contributed by atoms with Crippen molar-refractivity contribution >= 4 is 11.0 Å². The van der Waals surface area contributed by atoms with E-state index in [2.05, 4.69) is 18.0 Å². The summed E-state index contributed by atoms with van der Waals surface area (Å²) in [5.74, 6) is 0. The van der Waals surface area contributed by atoms with Gasteiger partial charge < -0.3 is 4.98 Å². The molecule has 0 amide bonds. The van der Waals surface area contributed by atoms with Gasteiger partial charge in [-0.05, 0) is 25.0 Å². The van der Waals surface area contributed by atoms with Crippen molar-refractivity contribution in [1.82, 2.24) is 9.55 Å². The summed E-state index contributed by atoms with van der Waals surface area (Å²) in [6, 6.07) is 6.04. The van der Waals surface area contributed by atoms with Crippen LogP contribution in [0.1, 0.15) is 19.4 Å². The third-order valence-corrected chi connectivity index (χ3v) is 2.59. The first-order valence-corrected chi connectivity index (χ1v) is 4.98. The van der Waals surface area contributed by atoms with Crippen LogP contribution in [-0.4, -0.2) is 9.55 Å². The average Bonchev–Trinajstić information content (AvgIpc) is 2.52. The number of para-hydroxylation sites is 1. The molecule has 1 N–H and O–H groups in total. The highest BCUT2D eigenvalue weighted by Crippen LogP contribution is 2.15. The molecule has 2 rings (SSSR count). The van der Waals surface area contributed by atoms with Crippen LogP contribution >= 0.6 is 0 Å². The number of H-pyrrole nitrogens is 1. The molecular weight excluding hydrogens is 176 g/mol. The van der Waals surface area contributed by atoms with E-state index in [0.29, 0.717) is 6.54 Å². The van der Waals surface area contributed by atoms with Crippen molar-refractivity contribution in [3.05, 3.63) is 34.2 Å². The summed E-state index contributed by atoms with van der Waals surface area (Å²) in [4.78, 5) is 14.5. The van der Waals surface area contributed by atoms with E-state index in [9.17, 15) is 4.79 Å². The summed E-state index contributed by atoms with van der Waals surface area (Å²) in [7, 11) is 0. The Hall–Kier alpha value is -1.51. The molecule has 0 spiro atoms. The van der Waals surface area contributed by atoms with Gasteiger partial charge in [0.15, 0.2) is 0 Å².